The highest BCUT2D eigenvalue weighted by molar-refractivity contribution is 7.80. The molecule has 8 heteroatoms. The molecule has 0 atom stereocenters. The Hall–Kier alpha value is -4.43. The number of amides is 2. The van der Waals surface area contributed by atoms with E-state index in [9.17, 15) is 9.59 Å². The molecule has 2 amide bonds. The monoisotopic (exact) mass is 624 g/mol. The second kappa shape index (κ2) is 15.5. The average molecular weight is 625 g/mol. The van der Waals surface area contributed by atoms with Crippen molar-refractivity contribution in [2.24, 2.45) is 0 Å². The van der Waals surface area contributed by atoms with Crippen LogP contribution in [0.4, 0.5) is 11.4 Å². The lowest BCUT2D eigenvalue weighted by Gasteiger charge is -2.36. The van der Waals surface area contributed by atoms with Crippen molar-refractivity contribution >= 4 is 52.7 Å². The maximum atomic E-state index is 13.6. The molecule has 0 saturated carbocycles. The quantitative estimate of drug-likeness (QED) is 0.142. The van der Waals surface area contributed by atoms with E-state index in [2.05, 4.69) is 86.0 Å². The maximum Gasteiger partial charge on any atom is 0.266 e. The van der Waals surface area contributed by atoms with Crippen molar-refractivity contribution in [3.05, 3.63) is 107 Å². The van der Waals surface area contributed by atoms with Gasteiger partial charge in [0.25, 0.3) is 11.8 Å². The second-order valence-electron chi connectivity index (χ2n) is 10.6. The molecule has 1 saturated heterocycles. The van der Waals surface area contributed by atoms with Gasteiger partial charge in [-0.3, -0.25) is 19.4 Å². The Morgan fingerprint density at radius 2 is 1.00 bits per heavy atom. The van der Waals surface area contributed by atoms with Crippen molar-refractivity contribution in [1.29, 1.82) is 0 Å². The summed E-state index contributed by atoms with van der Waals surface area (Å²) in [6.45, 7) is 16.8. The molecule has 0 spiro atoms. The number of nitrogens with zero attached hydrogens (tertiary/aromatic N) is 4. The molecule has 2 heterocycles. The van der Waals surface area contributed by atoms with Gasteiger partial charge in [0.2, 0.25) is 0 Å². The first kappa shape index (κ1) is 33.5. The zero-order valence-corrected chi connectivity index (χ0v) is 28.1. The Bertz CT molecular complexity index is 1430. The number of ether oxygens (including phenoxy) is 1. The van der Waals surface area contributed by atoms with Crippen LogP contribution in [0.3, 0.4) is 0 Å². The van der Waals surface area contributed by atoms with Gasteiger partial charge in [0.1, 0.15) is 17.1 Å². The Morgan fingerprint density at radius 1 is 0.622 bits per heavy atom. The summed E-state index contributed by atoms with van der Waals surface area (Å²) in [6.07, 6.45) is 11.2. The number of carbonyl (C=O) groups is 2. The van der Waals surface area contributed by atoms with Crippen molar-refractivity contribution in [2.75, 3.05) is 49.1 Å². The lowest BCUT2D eigenvalue weighted by molar-refractivity contribution is -0.133. The molecule has 0 unspecified atom stereocenters. The summed E-state index contributed by atoms with van der Waals surface area (Å²) in [5.74, 6) is 0.243. The molecule has 45 heavy (non-hydrogen) atoms. The van der Waals surface area contributed by atoms with Crippen molar-refractivity contribution < 1.29 is 14.3 Å². The van der Waals surface area contributed by atoms with E-state index in [1.165, 1.54) is 21.2 Å². The third kappa shape index (κ3) is 7.63. The summed E-state index contributed by atoms with van der Waals surface area (Å²) in [7, 11) is 0. The molecule has 2 aromatic carbocycles. The average Bonchev–Trinajstić information content (AvgIpc) is 3.05. The van der Waals surface area contributed by atoms with Crippen LogP contribution in [0.5, 0.6) is 0 Å². The molecule has 0 aromatic heterocycles. The van der Waals surface area contributed by atoms with E-state index in [-0.39, 0.29) is 10.7 Å². The Labute approximate surface area is 273 Å². The number of hydrogen-bond donors (Lipinski definition) is 0. The van der Waals surface area contributed by atoms with Gasteiger partial charge in [0.05, 0.1) is 0 Å². The van der Waals surface area contributed by atoms with Gasteiger partial charge in [-0.15, -0.1) is 0 Å². The van der Waals surface area contributed by atoms with Crippen molar-refractivity contribution in [2.45, 2.75) is 41.5 Å². The van der Waals surface area contributed by atoms with E-state index in [1.807, 2.05) is 38.2 Å². The first-order valence-electron chi connectivity index (χ1n) is 15.9. The second-order valence-corrected chi connectivity index (χ2v) is 11.0. The smallest absolute Gasteiger partial charge is 0.266 e. The first-order chi connectivity index (χ1) is 21.8. The molecule has 7 nitrogen and oxygen atoms in total. The fourth-order valence-corrected chi connectivity index (χ4v) is 5.89. The zero-order chi connectivity index (χ0) is 32.5. The number of thiocarbonyl (C=S) groups is 1. The fourth-order valence-electron chi connectivity index (χ4n) is 5.46. The molecule has 2 aromatic rings. The highest BCUT2D eigenvalue weighted by Crippen LogP contribution is 2.29. The van der Waals surface area contributed by atoms with Crippen LogP contribution in [0, 0.1) is 0 Å². The van der Waals surface area contributed by atoms with Crippen LogP contribution >= 0.6 is 12.2 Å². The van der Waals surface area contributed by atoms with Gasteiger partial charge in [-0.05, 0) is 113 Å². The lowest BCUT2D eigenvalue weighted by atomic mass is 9.99. The number of likely N-dealkylation sites (N-methyl/N-ethyl adjacent to an activating group) is 2. The number of allylic oxidation sites excluding steroid dienone is 5. The molecule has 2 aliphatic rings. The Balaban J connectivity index is 1.71. The van der Waals surface area contributed by atoms with Crippen LogP contribution in [0.1, 0.15) is 52.7 Å². The van der Waals surface area contributed by atoms with Crippen LogP contribution in [-0.4, -0.2) is 66.0 Å². The molecule has 4 rings (SSSR count). The van der Waals surface area contributed by atoms with E-state index in [0.717, 1.165) is 37.3 Å². The molecule has 236 valence electrons. The summed E-state index contributed by atoms with van der Waals surface area (Å²) in [5, 5.41) is 0.237. The third-order valence-corrected chi connectivity index (χ3v) is 8.50. The summed E-state index contributed by atoms with van der Waals surface area (Å²) in [6, 6.07) is 16.7. The van der Waals surface area contributed by atoms with Gasteiger partial charge >= 0.3 is 0 Å². The predicted octanol–water partition coefficient (Wildman–Crippen LogP) is 7.20. The molecular formula is C37H44N4O3S. The van der Waals surface area contributed by atoms with Crippen molar-refractivity contribution in [1.82, 2.24) is 9.80 Å². The molecule has 0 N–H and O–H groups in total. The lowest BCUT2D eigenvalue weighted by Crippen LogP contribution is -2.56. The number of anilines is 2. The van der Waals surface area contributed by atoms with Gasteiger partial charge in [-0.1, -0.05) is 36.4 Å². The highest BCUT2D eigenvalue weighted by Gasteiger charge is 2.39. The fraction of sp³-hybridized carbons (Fsp3) is 0.324. The summed E-state index contributed by atoms with van der Waals surface area (Å²) in [5.41, 5.74) is 4.93. The van der Waals surface area contributed by atoms with Gasteiger partial charge in [-0.2, -0.15) is 0 Å². The predicted molar refractivity (Wildman–Crippen MR) is 190 cm³/mol. The van der Waals surface area contributed by atoms with E-state index in [1.54, 1.807) is 12.2 Å². The standard InChI is InChI=1S/C37H44N4O3S/c1-7-38(8-2)30-19-13-27(14-20-30)17-23-32-25-29(34-35(42)40(11-5)37(45)41(12-6)36(34)43)26-33(44-32)24-18-28-15-21-31(22-16-28)39(9-3)10-4/h13-26H,7-12H2,1-6H3/b23-17+,24-18+. The largest absolute Gasteiger partial charge is 0.457 e. The van der Waals surface area contributed by atoms with Crippen LogP contribution in [0.2, 0.25) is 0 Å². The minimum Gasteiger partial charge on any atom is -0.457 e. The minimum absolute atomic E-state index is 0.0829. The van der Waals surface area contributed by atoms with Crippen molar-refractivity contribution in [3.63, 3.8) is 0 Å². The number of carbonyl (C=O) groups excluding carboxylic acids is 2. The third-order valence-electron chi connectivity index (χ3n) is 8.06. The Morgan fingerprint density at radius 3 is 1.33 bits per heavy atom. The summed E-state index contributed by atoms with van der Waals surface area (Å²) in [4.78, 5) is 34.7. The van der Waals surface area contributed by atoms with E-state index < -0.39 is 11.8 Å². The van der Waals surface area contributed by atoms with Crippen LogP contribution in [0.15, 0.2) is 95.5 Å². The van der Waals surface area contributed by atoms with Crippen molar-refractivity contribution in [3.8, 4) is 0 Å². The number of benzene rings is 2. The summed E-state index contributed by atoms with van der Waals surface area (Å²) >= 11 is 5.48. The van der Waals surface area contributed by atoms with E-state index in [0.29, 0.717) is 30.2 Å². The van der Waals surface area contributed by atoms with Gasteiger partial charge < -0.3 is 14.5 Å². The van der Waals surface area contributed by atoms with E-state index in [4.69, 9.17) is 17.0 Å². The highest BCUT2D eigenvalue weighted by atomic mass is 32.1. The minimum atomic E-state index is -0.396. The van der Waals surface area contributed by atoms with Gasteiger partial charge in [0.15, 0.2) is 5.11 Å². The number of hydrogen-bond acceptors (Lipinski definition) is 6. The van der Waals surface area contributed by atoms with Crippen LogP contribution in [0.25, 0.3) is 12.2 Å². The Kier molecular flexibility index (Phi) is 11.5. The van der Waals surface area contributed by atoms with Crippen LogP contribution < -0.4 is 9.80 Å². The molecule has 1 fully saturated rings. The van der Waals surface area contributed by atoms with E-state index >= 15 is 0 Å². The molecule has 0 bridgehead atoms. The van der Waals surface area contributed by atoms with Gasteiger partial charge in [-0.25, -0.2) is 0 Å². The molecule has 0 aliphatic carbocycles. The summed E-state index contributed by atoms with van der Waals surface area (Å²) < 4.78 is 6.26. The topological polar surface area (TPSA) is 56.3 Å². The molecular weight excluding hydrogens is 580 g/mol. The van der Waals surface area contributed by atoms with Crippen LogP contribution in [-0.2, 0) is 14.3 Å². The molecule has 0 radical (unpaired) electrons. The first-order valence-corrected chi connectivity index (χ1v) is 16.3. The SMILES string of the molecule is CCN1C(=O)C(=C2C=C(/C=C/c3ccc(N(CC)CC)cc3)OC(/C=C/c3ccc(N(CC)CC)cc3)=C2)C(=O)N(CC)C1=S. The normalized spacial score (nSPS) is 15.6. The zero-order valence-electron chi connectivity index (χ0n) is 27.2. The molecule has 2 aliphatic heterocycles. The maximum absolute atomic E-state index is 13.6. The number of rotatable bonds is 12. The van der Waals surface area contributed by atoms with Gasteiger partial charge in [0, 0.05) is 56.2 Å².